The van der Waals surface area contributed by atoms with Crippen molar-refractivity contribution >= 4 is 33.5 Å². The van der Waals surface area contributed by atoms with E-state index in [0.29, 0.717) is 13.2 Å². The second-order valence-electron chi connectivity index (χ2n) is 6.42. The maximum atomic E-state index is 7.19. The second-order valence-corrected chi connectivity index (χ2v) is 7.56. The highest BCUT2D eigenvalue weighted by Crippen LogP contribution is 2.22. The number of ether oxygens (including phenoxy) is 1. The molecule has 3 aromatic rings. The lowest BCUT2D eigenvalue weighted by atomic mass is 10.2. The summed E-state index contributed by atoms with van der Waals surface area (Å²) in [4.78, 5) is 8.97. The summed E-state index contributed by atoms with van der Waals surface area (Å²) in [7, 11) is 0. The van der Waals surface area contributed by atoms with E-state index in [0.717, 1.165) is 52.2 Å². The van der Waals surface area contributed by atoms with Crippen LogP contribution in [0.3, 0.4) is 0 Å². The molecule has 0 radical (unpaired) electrons. The van der Waals surface area contributed by atoms with Gasteiger partial charge in [0.15, 0.2) is 5.17 Å². The van der Waals surface area contributed by atoms with E-state index < -0.39 is 0 Å². The van der Waals surface area contributed by atoms with E-state index in [4.69, 9.17) is 15.9 Å². The molecular weight excluding hydrogens is 370 g/mol. The molecule has 6 nitrogen and oxygen atoms in total. The van der Waals surface area contributed by atoms with Crippen molar-refractivity contribution in [2.24, 2.45) is 5.73 Å². The van der Waals surface area contributed by atoms with E-state index in [1.165, 1.54) is 11.8 Å². The van der Waals surface area contributed by atoms with Gasteiger partial charge in [-0.15, -0.1) is 0 Å². The number of para-hydroxylation sites is 1. The summed E-state index contributed by atoms with van der Waals surface area (Å²) in [6.07, 6.45) is 5.52. The number of nitrogens with one attached hydrogen (secondary N) is 2. The minimum atomic E-state index is 0.171. The summed E-state index contributed by atoms with van der Waals surface area (Å²) in [5, 5.41) is 11.9. The maximum absolute atomic E-state index is 7.19. The Kier molecular flexibility index (Phi) is 7.08. The lowest BCUT2D eigenvalue weighted by Gasteiger charge is -2.13. The predicted molar refractivity (Wildman–Crippen MR) is 117 cm³/mol. The van der Waals surface area contributed by atoms with Crippen LogP contribution in [0.5, 0.6) is 5.75 Å². The molecule has 0 unspecified atom stereocenters. The molecule has 0 aliphatic rings. The van der Waals surface area contributed by atoms with Crippen LogP contribution in [0, 0.1) is 12.3 Å². The molecule has 0 fully saturated rings. The minimum Gasteiger partial charge on any atom is -0.493 e. The molecule has 0 spiro atoms. The van der Waals surface area contributed by atoms with Crippen molar-refractivity contribution in [1.82, 2.24) is 9.97 Å². The molecule has 0 atom stereocenters. The fourth-order valence-electron chi connectivity index (χ4n) is 2.82. The van der Waals surface area contributed by atoms with Crippen LogP contribution in [0.1, 0.15) is 24.1 Å². The Morgan fingerprint density at radius 3 is 2.93 bits per heavy atom. The first-order valence-electron chi connectivity index (χ1n) is 9.26. The normalized spacial score (nSPS) is 10.8. The fraction of sp³-hybridized carbons (Fsp3) is 0.286. The Morgan fingerprint density at radius 1 is 1.21 bits per heavy atom. The van der Waals surface area contributed by atoms with Gasteiger partial charge in [0.05, 0.1) is 36.2 Å². The van der Waals surface area contributed by atoms with Crippen molar-refractivity contribution in [2.75, 3.05) is 17.7 Å². The Morgan fingerprint density at radius 2 is 2.07 bits per heavy atom. The maximum Gasteiger partial charge on any atom is 0.151 e. The van der Waals surface area contributed by atoms with Crippen LogP contribution in [0.25, 0.3) is 10.9 Å². The van der Waals surface area contributed by atoms with Crippen LogP contribution in [0.15, 0.2) is 48.8 Å². The Labute approximate surface area is 169 Å². The first-order valence-corrected chi connectivity index (χ1v) is 10.2. The largest absolute Gasteiger partial charge is 0.493 e. The van der Waals surface area contributed by atoms with Gasteiger partial charge in [0.25, 0.3) is 0 Å². The highest BCUT2D eigenvalue weighted by molar-refractivity contribution is 8.13. The number of unbranched alkanes of at least 4 members (excludes halogenated alkanes) is 1. The van der Waals surface area contributed by atoms with Crippen LogP contribution in [0.4, 0.5) is 5.69 Å². The molecular formula is C21H25N5OS. The number of rotatable bonds is 9. The zero-order valence-electron chi connectivity index (χ0n) is 15.9. The smallest absolute Gasteiger partial charge is 0.151 e. The van der Waals surface area contributed by atoms with Crippen molar-refractivity contribution in [3.63, 3.8) is 0 Å². The number of fused-ring (bicyclic) bond motifs is 1. The minimum absolute atomic E-state index is 0.171. The Bertz CT molecular complexity index is 947. The predicted octanol–water partition coefficient (Wildman–Crippen LogP) is 4.34. The molecule has 3 rings (SSSR count). The third-order valence-electron chi connectivity index (χ3n) is 4.36. The molecule has 0 aliphatic carbocycles. The molecule has 4 N–H and O–H groups in total. The monoisotopic (exact) mass is 395 g/mol. The summed E-state index contributed by atoms with van der Waals surface area (Å²) < 4.78 is 5.92. The number of nitrogens with two attached hydrogens (primary N) is 1. The zero-order valence-corrected chi connectivity index (χ0v) is 16.8. The molecule has 0 aliphatic heterocycles. The third-order valence-corrected chi connectivity index (χ3v) is 5.17. The summed E-state index contributed by atoms with van der Waals surface area (Å²) >= 11 is 1.37. The standard InChI is InChI=1S/C21H25N5OS/c1-15-19(14-25-17-12-16-6-2-3-7-18(16)26-13-17)24-9-8-20(15)27-10-4-5-11-28-21(22)23/h2-3,6-9,12-13,25H,4-5,10-11,14H2,1H3,(H3,22,23). The fourth-order valence-corrected chi connectivity index (χ4v) is 3.38. The molecule has 146 valence electrons. The SMILES string of the molecule is Cc1c(OCCCCSC(=N)N)ccnc1CNc1cnc2ccccc2c1. The number of aromatic nitrogens is 2. The number of hydrogen-bond acceptors (Lipinski definition) is 6. The quantitative estimate of drug-likeness (QED) is 0.283. The highest BCUT2D eigenvalue weighted by atomic mass is 32.2. The molecule has 28 heavy (non-hydrogen) atoms. The van der Waals surface area contributed by atoms with Crippen molar-refractivity contribution in [3.8, 4) is 5.75 Å². The van der Waals surface area contributed by atoms with Crippen LogP contribution in [-0.2, 0) is 6.54 Å². The van der Waals surface area contributed by atoms with E-state index in [-0.39, 0.29) is 5.17 Å². The molecule has 0 saturated carbocycles. The Hall–Kier alpha value is -2.80. The number of anilines is 1. The van der Waals surface area contributed by atoms with E-state index in [1.54, 1.807) is 6.20 Å². The molecule has 7 heteroatoms. The number of pyridine rings is 2. The van der Waals surface area contributed by atoms with Crippen molar-refractivity contribution in [1.29, 1.82) is 5.41 Å². The second kappa shape index (κ2) is 9.94. The van der Waals surface area contributed by atoms with Gasteiger partial charge in [-0.25, -0.2) is 0 Å². The van der Waals surface area contributed by atoms with E-state index >= 15 is 0 Å². The van der Waals surface area contributed by atoms with Gasteiger partial charge in [-0.3, -0.25) is 15.4 Å². The van der Waals surface area contributed by atoms with Crippen molar-refractivity contribution in [3.05, 3.63) is 60.0 Å². The van der Waals surface area contributed by atoms with E-state index in [2.05, 4.69) is 27.4 Å². The van der Waals surface area contributed by atoms with Gasteiger partial charge in [0.1, 0.15) is 5.75 Å². The van der Waals surface area contributed by atoms with Crippen LogP contribution >= 0.6 is 11.8 Å². The average Bonchev–Trinajstić information content (AvgIpc) is 2.70. The number of hydrogen-bond donors (Lipinski definition) is 3. The topological polar surface area (TPSA) is 96.9 Å². The summed E-state index contributed by atoms with van der Waals surface area (Å²) in [6.45, 7) is 3.28. The number of thioether (sulfide) groups is 1. The molecule has 0 saturated heterocycles. The first kappa shape index (κ1) is 19.9. The zero-order chi connectivity index (χ0) is 19.8. The summed E-state index contributed by atoms with van der Waals surface area (Å²) in [6, 6.07) is 12.1. The molecule has 2 heterocycles. The highest BCUT2D eigenvalue weighted by Gasteiger charge is 2.07. The summed E-state index contributed by atoms with van der Waals surface area (Å²) in [5.41, 5.74) is 9.28. The van der Waals surface area contributed by atoms with Gasteiger partial charge in [0, 0.05) is 22.9 Å². The first-order chi connectivity index (χ1) is 13.6. The average molecular weight is 396 g/mol. The van der Waals surface area contributed by atoms with Gasteiger partial charge in [-0.1, -0.05) is 30.0 Å². The molecule has 0 amide bonds. The van der Waals surface area contributed by atoms with E-state index in [9.17, 15) is 0 Å². The van der Waals surface area contributed by atoms with Gasteiger partial charge in [-0.2, -0.15) is 0 Å². The van der Waals surface area contributed by atoms with Gasteiger partial charge in [-0.05, 0) is 38.0 Å². The van der Waals surface area contributed by atoms with E-state index in [1.807, 2.05) is 37.4 Å². The third kappa shape index (κ3) is 5.60. The van der Waals surface area contributed by atoms with Crippen molar-refractivity contribution < 1.29 is 4.74 Å². The van der Waals surface area contributed by atoms with Gasteiger partial charge >= 0.3 is 0 Å². The lowest BCUT2D eigenvalue weighted by molar-refractivity contribution is 0.307. The number of nitrogens with zero attached hydrogens (tertiary/aromatic N) is 2. The summed E-state index contributed by atoms with van der Waals surface area (Å²) in [5.74, 6) is 1.71. The lowest BCUT2D eigenvalue weighted by Crippen LogP contribution is -2.07. The van der Waals surface area contributed by atoms with Crippen LogP contribution in [0.2, 0.25) is 0 Å². The Balaban J connectivity index is 1.54. The number of amidine groups is 1. The van der Waals surface area contributed by atoms with Crippen LogP contribution < -0.4 is 15.8 Å². The van der Waals surface area contributed by atoms with Crippen LogP contribution in [-0.4, -0.2) is 27.5 Å². The number of benzene rings is 1. The molecule has 2 aromatic heterocycles. The van der Waals surface area contributed by atoms with Crippen molar-refractivity contribution in [2.45, 2.75) is 26.3 Å². The molecule has 0 bridgehead atoms. The van der Waals surface area contributed by atoms with Gasteiger partial charge in [0.2, 0.25) is 0 Å². The van der Waals surface area contributed by atoms with Gasteiger partial charge < -0.3 is 15.8 Å². The molecule has 1 aromatic carbocycles.